The minimum atomic E-state index is -1.81. The lowest BCUT2D eigenvalue weighted by Crippen LogP contribution is -2.43. The summed E-state index contributed by atoms with van der Waals surface area (Å²) in [7, 11) is -3.62. The predicted molar refractivity (Wildman–Crippen MR) is 195 cm³/mol. The fourth-order valence-corrected chi connectivity index (χ4v) is 18.8. The molecule has 0 atom stereocenters. The van der Waals surface area contributed by atoms with Gasteiger partial charge in [-0.25, -0.2) is 0 Å². The molecule has 0 bridgehead atoms. The third-order valence-corrected chi connectivity index (χ3v) is 23.1. The number of hydrogen-bond acceptors (Lipinski definition) is 0. The summed E-state index contributed by atoms with van der Waals surface area (Å²) >= 11 is 0. The maximum Gasteiger partial charge on any atom is 0.146 e. The number of fused-ring (bicyclic) bond motifs is 5. The van der Waals surface area contributed by atoms with Gasteiger partial charge in [-0.2, -0.15) is 0 Å². The molecular formula is C40H52Si2. The monoisotopic (exact) mass is 588 g/mol. The molecule has 4 aromatic carbocycles. The lowest BCUT2D eigenvalue weighted by molar-refractivity contribution is 0.838. The Hall–Kier alpha value is -2.79. The summed E-state index contributed by atoms with van der Waals surface area (Å²) in [6, 6.07) is 22.6. The maximum absolute atomic E-state index is 3.95. The SMILES string of the molecule is CC(C)[Si](C#Cc1cccc2c1ccc1c3cccc(C#C[Si](C(C)C)(C(C)C)C(C)C)c3ccc21)(C(C)C)C(C)C. The zero-order valence-electron chi connectivity index (χ0n) is 28.2. The van der Waals surface area contributed by atoms with Gasteiger partial charge in [0.15, 0.2) is 0 Å². The summed E-state index contributed by atoms with van der Waals surface area (Å²) in [5.74, 6) is 7.48. The lowest BCUT2D eigenvalue weighted by atomic mass is 9.94. The third-order valence-electron chi connectivity index (χ3n) is 10.5. The molecule has 0 amide bonds. The molecule has 42 heavy (non-hydrogen) atoms. The Labute approximate surface area is 258 Å². The zero-order valence-corrected chi connectivity index (χ0v) is 30.2. The van der Waals surface area contributed by atoms with Crippen LogP contribution in [0.25, 0.3) is 32.3 Å². The Morgan fingerprint density at radius 3 is 0.905 bits per heavy atom. The van der Waals surface area contributed by atoms with Crippen LogP contribution in [0.4, 0.5) is 0 Å². The van der Waals surface area contributed by atoms with Crippen molar-refractivity contribution in [3.8, 4) is 22.9 Å². The van der Waals surface area contributed by atoms with E-state index in [1.807, 2.05) is 0 Å². The van der Waals surface area contributed by atoms with Crippen LogP contribution in [0.5, 0.6) is 0 Å². The average Bonchev–Trinajstić information content (AvgIpc) is 2.92. The van der Waals surface area contributed by atoms with E-state index >= 15 is 0 Å². The van der Waals surface area contributed by atoms with Crippen LogP contribution in [0.15, 0.2) is 60.7 Å². The Balaban J connectivity index is 1.91. The highest BCUT2D eigenvalue weighted by Gasteiger charge is 2.42. The van der Waals surface area contributed by atoms with Crippen LogP contribution in [0.1, 0.15) is 94.2 Å². The highest BCUT2D eigenvalue weighted by Crippen LogP contribution is 2.42. The van der Waals surface area contributed by atoms with Gasteiger partial charge in [-0.15, -0.1) is 11.1 Å². The van der Waals surface area contributed by atoms with E-state index in [2.05, 4.69) is 167 Å². The molecule has 0 radical (unpaired) electrons. The summed E-state index contributed by atoms with van der Waals surface area (Å²) in [6.07, 6.45) is 0. The van der Waals surface area contributed by atoms with Crippen molar-refractivity contribution in [1.29, 1.82) is 0 Å². The zero-order chi connectivity index (χ0) is 31.0. The van der Waals surface area contributed by atoms with Crippen LogP contribution in [0.3, 0.4) is 0 Å². The molecule has 0 spiro atoms. The second-order valence-corrected chi connectivity index (χ2v) is 25.5. The van der Waals surface area contributed by atoms with Crippen LogP contribution in [-0.4, -0.2) is 16.1 Å². The fourth-order valence-electron chi connectivity index (χ4n) is 8.38. The lowest BCUT2D eigenvalue weighted by Gasteiger charge is -2.38. The minimum Gasteiger partial charge on any atom is -0.125 e. The van der Waals surface area contributed by atoms with Crippen LogP contribution in [0, 0.1) is 22.9 Å². The fraction of sp³-hybridized carbons (Fsp3) is 0.450. The van der Waals surface area contributed by atoms with Gasteiger partial charge in [-0.05, 0) is 77.7 Å². The molecule has 0 aliphatic heterocycles. The molecule has 4 rings (SSSR count). The summed E-state index contributed by atoms with van der Waals surface area (Å²) < 4.78 is 0. The van der Waals surface area contributed by atoms with Crippen LogP contribution >= 0.6 is 0 Å². The molecule has 4 aromatic rings. The van der Waals surface area contributed by atoms with Gasteiger partial charge in [0, 0.05) is 11.1 Å². The van der Waals surface area contributed by atoms with E-state index in [0.29, 0.717) is 33.2 Å². The van der Waals surface area contributed by atoms with E-state index in [0.717, 1.165) is 11.1 Å². The molecule has 0 aliphatic carbocycles. The van der Waals surface area contributed by atoms with Crippen molar-refractivity contribution in [3.63, 3.8) is 0 Å². The molecule has 0 saturated carbocycles. The van der Waals surface area contributed by atoms with Crippen molar-refractivity contribution in [2.24, 2.45) is 0 Å². The van der Waals surface area contributed by atoms with Crippen molar-refractivity contribution >= 4 is 48.5 Å². The molecular weight excluding hydrogens is 537 g/mol. The van der Waals surface area contributed by atoms with Crippen molar-refractivity contribution in [2.75, 3.05) is 0 Å². The van der Waals surface area contributed by atoms with E-state index in [4.69, 9.17) is 0 Å². The predicted octanol–water partition coefficient (Wildman–Crippen LogP) is 12.3. The van der Waals surface area contributed by atoms with Gasteiger partial charge in [0.2, 0.25) is 0 Å². The summed E-state index contributed by atoms with van der Waals surface area (Å²) in [4.78, 5) is 0. The Morgan fingerprint density at radius 2 is 0.619 bits per heavy atom. The molecule has 0 aromatic heterocycles. The summed E-state index contributed by atoms with van der Waals surface area (Å²) in [5, 5.41) is 7.68. The number of rotatable bonds is 6. The van der Waals surface area contributed by atoms with Gasteiger partial charge in [0.25, 0.3) is 0 Å². The first kappa shape index (κ1) is 32.1. The molecule has 2 heteroatoms. The minimum absolute atomic E-state index is 0.624. The second-order valence-electron chi connectivity index (χ2n) is 14.3. The molecule has 0 aliphatic rings. The molecule has 0 fully saturated rings. The highest BCUT2D eigenvalue weighted by atomic mass is 28.3. The number of benzene rings is 4. The summed E-state index contributed by atoms with van der Waals surface area (Å²) in [5.41, 5.74) is 14.0. The second kappa shape index (κ2) is 12.4. The van der Waals surface area contributed by atoms with E-state index < -0.39 is 16.1 Å². The molecule has 220 valence electrons. The van der Waals surface area contributed by atoms with Gasteiger partial charge in [0.1, 0.15) is 16.1 Å². The first-order chi connectivity index (χ1) is 19.8. The smallest absolute Gasteiger partial charge is 0.125 e. The largest absolute Gasteiger partial charge is 0.146 e. The number of hydrogen-bond donors (Lipinski definition) is 0. The van der Waals surface area contributed by atoms with Crippen LogP contribution in [-0.2, 0) is 0 Å². The highest BCUT2D eigenvalue weighted by molar-refractivity contribution is 6.91. The van der Waals surface area contributed by atoms with Crippen LogP contribution < -0.4 is 0 Å². The first-order valence-electron chi connectivity index (χ1n) is 16.2. The van der Waals surface area contributed by atoms with Crippen molar-refractivity contribution in [3.05, 3.63) is 71.8 Å². The van der Waals surface area contributed by atoms with Crippen molar-refractivity contribution < 1.29 is 0 Å². The maximum atomic E-state index is 3.95. The quantitative estimate of drug-likeness (QED) is 0.119. The van der Waals surface area contributed by atoms with E-state index in [1.165, 1.54) is 32.3 Å². The van der Waals surface area contributed by atoms with Gasteiger partial charge >= 0.3 is 0 Å². The standard InChI is InChI=1S/C40H52Si2/c1-27(2)41(28(3)4,29(5)6)25-23-33-15-13-17-37-35(33)19-21-40-38-18-14-16-34(36(38)20-22-39(37)40)24-26-42(30(7)8,31(9)10)32(11)12/h13-22,27-32H,1-12H3. The topological polar surface area (TPSA) is 0 Å². The summed E-state index contributed by atoms with van der Waals surface area (Å²) in [6.45, 7) is 28.6. The third kappa shape index (κ3) is 5.38. The molecule has 0 saturated heterocycles. The van der Waals surface area contributed by atoms with Gasteiger partial charge in [-0.1, -0.05) is 143 Å². The molecule has 0 unspecified atom stereocenters. The van der Waals surface area contributed by atoms with E-state index in [9.17, 15) is 0 Å². The van der Waals surface area contributed by atoms with Crippen LogP contribution in [0.2, 0.25) is 33.2 Å². The van der Waals surface area contributed by atoms with Crippen molar-refractivity contribution in [1.82, 2.24) is 0 Å². The van der Waals surface area contributed by atoms with E-state index in [-0.39, 0.29) is 0 Å². The normalized spacial score (nSPS) is 12.7. The molecule has 0 heterocycles. The van der Waals surface area contributed by atoms with Gasteiger partial charge < -0.3 is 0 Å². The van der Waals surface area contributed by atoms with E-state index in [1.54, 1.807) is 0 Å². The Morgan fingerprint density at radius 1 is 0.357 bits per heavy atom. The molecule has 0 nitrogen and oxygen atoms in total. The average molecular weight is 589 g/mol. The Kier molecular flexibility index (Phi) is 9.52. The Bertz CT molecular complexity index is 1540. The van der Waals surface area contributed by atoms with Gasteiger partial charge in [-0.3, -0.25) is 0 Å². The van der Waals surface area contributed by atoms with Crippen molar-refractivity contribution in [2.45, 2.75) is 116 Å². The molecule has 0 N–H and O–H groups in total. The first-order valence-corrected chi connectivity index (χ1v) is 20.7. The van der Waals surface area contributed by atoms with Gasteiger partial charge in [0.05, 0.1) is 0 Å².